The fourth-order valence-corrected chi connectivity index (χ4v) is 1.72. The second kappa shape index (κ2) is 6.83. The lowest BCUT2D eigenvalue weighted by Crippen LogP contribution is -2.39. The van der Waals surface area contributed by atoms with Crippen LogP contribution in [0.5, 0.6) is 0 Å². The van der Waals surface area contributed by atoms with Crippen LogP contribution in [-0.2, 0) is 0 Å². The molecule has 1 unspecified atom stereocenters. The van der Waals surface area contributed by atoms with E-state index in [0.717, 1.165) is 5.56 Å². The Balaban J connectivity index is 2.67. The van der Waals surface area contributed by atoms with Crippen LogP contribution in [0.2, 0.25) is 10.0 Å². The normalized spacial score (nSPS) is 12.1. The van der Waals surface area contributed by atoms with E-state index in [9.17, 15) is 4.79 Å². The van der Waals surface area contributed by atoms with Gasteiger partial charge >= 0.3 is 6.03 Å². The van der Waals surface area contributed by atoms with E-state index in [1.54, 1.807) is 19.2 Å². The van der Waals surface area contributed by atoms with Crippen molar-refractivity contribution >= 4 is 29.2 Å². The smallest absolute Gasteiger partial charge is 0.317 e. The number of aliphatic hydroxyl groups is 1. The summed E-state index contributed by atoms with van der Waals surface area (Å²) in [4.78, 5) is 13.1. The minimum atomic E-state index is -0.248. The third-order valence-electron chi connectivity index (χ3n) is 2.57. The Morgan fingerprint density at radius 1 is 1.44 bits per heavy atom. The largest absolute Gasteiger partial charge is 0.395 e. The predicted molar refractivity (Wildman–Crippen MR) is 73.1 cm³/mol. The quantitative estimate of drug-likeness (QED) is 0.896. The first kappa shape index (κ1) is 15.1. The van der Waals surface area contributed by atoms with Gasteiger partial charge in [0.1, 0.15) is 0 Å². The molecule has 0 heterocycles. The molecule has 0 bridgehead atoms. The molecule has 18 heavy (non-hydrogen) atoms. The zero-order chi connectivity index (χ0) is 13.7. The first-order chi connectivity index (χ1) is 8.45. The van der Waals surface area contributed by atoms with Gasteiger partial charge in [-0.25, -0.2) is 4.79 Å². The minimum absolute atomic E-state index is 0.0644. The summed E-state index contributed by atoms with van der Waals surface area (Å²) in [6.45, 7) is 2.08. The van der Waals surface area contributed by atoms with E-state index in [-0.39, 0.29) is 18.7 Å². The molecular weight excluding hydrogens is 275 g/mol. The maximum Gasteiger partial charge on any atom is 0.317 e. The Hall–Kier alpha value is -0.970. The number of carbonyl (C=O) groups excluding carboxylic acids is 1. The lowest BCUT2D eigenvalue weighted by Gasteiger charge is -2.21. The Bertz CT molecular complexity index is 427. The lowest BCUT2D eigenvalue weighted by atomic mass is 10.1. The lowest BCUT2D eigenvalue weighted by molar-refractivity contribution is 0.188. The number of carbonyl (C=O) groups is 1. The van der Waals surface area contributed by atoms with Gasteiger partial charge in [-0.3, -0.25) is 0 Å². The molecule has 0 aliphatic carbocycles. The summed E-state index contributed by atoms with van der Waals surface area (Å²) < 4.78 is 0. The van der Waals surface area contributed by atoms with E-state index in [1.807, 2.05) is 13.0 Å². The van der Waals surface area contributed by atoms with E-state index < -0.39 is 0 Å². The molecule has 4 nitrogen and oxygen atoms in total. The molecule has 0 aliphatic rings. The standard InChI is InChI=1S/C12H16Cl2N2O2/c1-8(15-12(18)16(2)5-6-17)9-3-4-10(13)11(14)7-9/h3-4,7-8,17H,5-6H2,1-2H3,(H,15,18). The van der Waals surface area contributed by atoms with Crippen molar-refractivity contribution in [3.63, 3.8) is 0 Å². The van der Waals surface area contributed by atoms with Crippen molar-refractivity contribution in [2.75, 3.05) is 20.2 Å². The van der Waals surface area contributed by atoms with E-state index in [0.29, 0.717) is 16.6 Å². The van der Waals surface area contributed by atoms with Crippen LogP contribution in [0.15, 0.2) is 18.2 Å². The van der Waals surface area contributed by atoms with Gasteiger partial charge in [0.25, 0.3) is 0 Å². The molecule has 0 radical (unpaired) electrons. The highest BCUT2D eigenvalue weighted by molar-refractivity contribution is 6.42. The van der Waals surface area contributed by atoms with Crippen LogP contribution in [0.25, 0.3) is 0 Å². The predicted octanol–water partition coefficient (Wildman–Crippen LogP) is 2.69. The van der Waals surface area contributed by atoms with Gasteiger partial charge in [-0.05, 0) is 24.6 Å². The summed E-state index contributed by atoms with van der Waals surface area (Å²) in [5.41, 5.74) is 0.871. The molecule has 0 spiro atoms. The number of urea groups is 1. The average Bonchev–Trinajstić information content (AvgIpc) is 2.32. The van der Waals surface area contributed by atoms with Crippen LogP contribution in [0, 0.1) is 0 Å². The maximum absolute atomic E-state index is 11.7. The average molecular weight is 291 g/mol. The van der Waals surface area contributed by atoms with Crippen molar-refractivity contribution in [1.29, 1.82) is 0 Å². The van der Waals surface area contributed by atoms with Crippen molar-refractivity contribution in [1.82, 2.24) is 10.2 Å². The minimum Gasteiger partial charge on any atom is -0.395 e. The second-order valence-corrected chi connectivity index (χ2v) is 4.80. The van der Waals surface area contributed by atoms with E-state index >= 15 is 0 Å². The van der Waals surface area contributed by atoms with Crippen molar-refractivity contribution in [2.24, 2.45) is 0 Å². The van der Waals surface area contributed by atoms with Crippen molar-refractivity contribution in [3.05, 3.63) is 33.8 Å². The van der Waals surface area contributed by atoms with Gasteiger partial charge in [-0.15, -0.1) is 0 Å². The van der Waals surface area contributed by atoms with Gasteiger partial charge in [-0.1, -0.05) is 29.3 Å². The Labute approximate surface area is 116 Å². The van der Waals surface area contributed by atoms with Crippen molar-refractivity contribution in [3.8, 4) is 0 Å². The highest BCUT2D eigenvalue weighted by Gasteiger charge is 2.13. The van der Waals surface area contributed by atoms with Crippen molar-refractivity contribution < 1.29 is 9.90 Å². The molecule has 6 heteroatoms. The maximum atomic E-state index is 11.7. The molecule has 2 N–H and O–H groups in total. The van der Waals surface area contributed by atoms with Crippen molar-refractivity contribution in [2.45, 2.75) is 13.0 Å². The molecule has 1 aromatic carbocycles. The fourth-order valence-electron chi connectivity index (χ4n) is 1.41. The number of hydrogen-bond donors (Lipinski definition) is 2. The molecule has 0 saturated carbocycles. The third-order valence-corrected chi connectivity index (χ3v) is 3.30. The topological polar surface area (TPSA) is 52.6 Å². The van der Waals surface area contributed by atoms with Gasteiger partial charge in [0.05, 0.1) is 22.7 Å². The Morgan fingerprint density at radius 2 is 2.11 bits per heavy atom. The van der Waals surface area contributed by atoms with E-state index in [1.165, 1.54) is 4.90 Å². The number of aliphatic hydroxyl groups excluding tert-OH is 1. The first-order valence-corrected chi connectivity index (χ1v) is 6.28. The van der Waals surface area contributed by atoms with Crippen LogP contribution in [-0.4, -0.2) is 36.2 Å². The zero-order valence-corrected chi connectivity index (χ0v) is 11.8. The van der Waals surface area contributed by atoms with Gasteiger partial charge in [0.2, 0.25) is 0 Å². The highest BCUT2D eigenvalue weighted by atomic mass is 35.5. The number of likely N-dealkylation sites (N-methyl/N-ethyl adjacent to an activating group) is 1. The monoisotopic (exact) mass is 290 g/mol. The van der Waals surface area contributed by atoms with Crippen LogP contribution >= 0.6 is 23.2 Å². The number of rotatable bonds is 4. The first-order valence-electron chi connectivity index (χ1n) is 5.53. The molecule has 0 aromatic heterocycles. The van der Waals surface area contributed by atoms with Gasteiger partial charge in [-0.2, -0.15) is 0 Å². The Kier molecular flexibility index (Phi) is 5.72. The molecule has 1 atom stereocenters. The van der Waals surface area contributed by atoms with Crippen LogP contribution in [0.3, 0.4) is 0 Å². The van der Waals surface area contributed by atoms with E-state index in [2.05, 4.69) is 5.32 Å². The highest BCUT2D eigenvalue weighted by Crippen LogP contribution is 2.25. The molecule has 100 valence electrons. The van der Waals surface area contributed by atoms with E-state index in [4.69, 9.17) is 28.3 Å². The number of nitrogens with zero attached hydrogens (tertiary/aromatic N) is 1. The Morgan fingerprint density at radius 3 is 2.67 bits per heavy atom. The summed E-state index contributed by atoms with van der Waals surface area (Å²) in [6.07, 6.45) is 0. The molecule has 0 aliphatic heterocycles. The van der Waals surface area contributed by atoms with Crippen LogP contribution < -0.4 is 5.32 Å². The van der Waals surface area contributed by atoms with Crippen LogP contribution in [0.4, 0.5) is 4.79 Å². The molecular formula is C12H16Cl2N2O2. The summed E-state index contributed by atoms with van der Waals surface area (Å²) in [5.74, 6) is 0. The fraction of sp³-hybridized carbons (Fsp3) is 0.417. The molecule has 2 amide bonds. The number of nitrogens with one attached hydrogen (secondary N) is 1. The summed E-state index contributed by atoms with van der Waals surface area (Å²) in [7, 11) is 1.62. The summed E-state index contributed by atoms with van der Waals surface area (Å²) >= 11 is 11.7. The molecule has 1 rings (SSSR count). The number of halogens is 2. The van der Waals surface area contributed by atoms with Gasteiger partial charge < -0.3 is 15.3 Å². The molecule has 0 saturated heterocycles. The zero-order valence-electron chi connectivity index (χ0n) is 10.3. The molecule has 0 fully saturated rings. The van der Waals surface area contributed by atoms with Gasteiger partial charge in [0, 0.05) is 13.6 Å². The van der Waals surface area contributed by atoms with Gasteiger partial charge in [0.15, 0.2) is 0 Å². The summed E-state index contributed by atoms with van der Waals surface area (Å²) in [5, 5.41) is 12.5. The summed E-state index contributed by atoms with van der Waals surface area (Å²) in [6, 6.07) is 4.79. The number of amides is 2. The number of benzene rings is 1. The van der Waals surface area contributed by atoms with Crippen LogP contribution in [0.1, 0.15) is 18.5 Å². The molecule has 1 aromatic rings. The third kappa shape index (κ3) is 4.05. The second-order valence-electron chi connectivity index (χ2n) is 3.99. The SMILES string of the molecule is CC(NC(=O)N(C)CCO)c1ccc(Cl)c(Cl)c1. The number of hydrogen-bond acceptors (Lipinski definition) is 2.